The number of hydrogen-bond acceptors (Lipinski definition) is 1. The summed E-state index contributed by atoms with van der Waals surface area (Å²) in [6.07, 6.45) is 0.468. The molecule has 1 rings (SSSR count). The Morgan fingerprint density at radius 1 is 1.54 bits per heavy atom. The average Bonchev–Trinajstić information content (AvgIpc) is 1.96. The third-order valence-corrected chi connectivity index (χ3v) is 2.59. The first-order valence-electron chi connectivity index (χ1n) is 3.36. The maximum absolute atomic E-state index is 7.09. The standard InChI is InChI=1S/C8H8BrClN2.ClH/c9-6-3-5(4-8(11)12)1-2-7(6)10;/h1-3H,4H2,(H3,11,12);1H. The van der Waals surface area contributed by atoms with Gasteiger partial charge < -0.3 is 5.73 Å². The smallest absolute Gasteiger partial charge is 0.0950 e. The van der Waals surface area contributed by atoms with Crippen LogP contribution in [0.5, 0.6) is 0 Å². The zero-order chi connectivity index (χ0) is 9.14. The van der Waals surface area contributed by atoms with E-state index in [1.54, 1.807) is 6.07 Å². The SMILES string of the molecule is Cl.N=C(N)Cc1ccc(Cl)c(Br)c1. The van der Waals surface area contributed by atoms with Crippen LogP contribution in [0, 0.1) is 5.41 Å². The molecule has 0 fully saturated rings. The molecule has 3 N–H and O–H groups in total. The van der Waals surface area contributed by atoms with Crippen LogP contribution in [-0.4, -0.2) is 5.84 Å². The molecule has 0 radical (unpaired) electrons. The highest BCUT2D eigenvalue weighted by molar-refractivity contribution is 9.10. The summed E-state index contributed by atoms with van der Waals surface area (Å²) in [7, 11) is 0. The van der Waals surface area contributed by atoms with Crippen molar-refractivity contribution in [2.75, 3.05) is 0 Å². The van der Waals surface area contributed by atoms with Gasteiger partial charge in [0, 0.05) is 10.9 Å². The van der Waals surface area contributed by atoms with Gasteiger partial charge in [-0.15, -0.1) is 12.4 Å². The van der Waals surface area contributed by atoms with Crippen molar-refractivity contribution in [1.29, 1.82) is 5.41 Å². The molecule has 0 bridgehead atoms. The van der Waals surface area contributed by atoms with E-state index in [4.69, 9.17) is 22.7 Å². The maximum Gasteiger partial charge on any atom is 0.0950 e. The zero-order valence-corrected chi connectivity index (χ0v) is 9.84. The molecule has 0 saturated heterocycles. The Morgan fingerprint density at radius 2 is 2.15 bits per heavy atom. The summed E-state index contributed by atoms with van der Waals surface area (Å²) in [5, 5.41) is 7.75. The fourth-order valence-electron chi connectivity index (χ4n) is 0.870. The molecule has 0 spiro atoms. The maximum atomic E-state index is 7.09. The van der Waals surface area contributed by atoms with Gasteiger partial charge in [0.1, 0.15) is 0 Å². The molecule has 0 aliphatic rings. The number of amidine groups is 1. The first-order valence-corrected chi connectivity index (χ1v) is 4.53. The molecule has 13 heavy (non-hydrogen) atoms. The molecule has 0 atom stereocenters. The van der Waals surface area contributed by atoms with Gasteiger partial charge >= 0.3 is 0 Å². The highest BCUT2D eigenvalue weighted by Gasteiger charge is 1.99. The second kappa shape index (κ2) is 5.47. The summed E-state index contributed by atoms with van der Waals surface area (Å²) < 4.78 is 0.836. The fraction of sp³-hybridized carbons (Fsp3) is 0.125. The van der Waals surface area contributed by atoms with Crippen LogP contribution in [0.1, 0.15) is 5.56 Å². The van der Waals surface area contributed by atoms with E-state index in [9.17, 15) is 0 Å². The van der Waals surface area contributed by atoms with Crippen LogP contribution >= 0.6 is 39.9 Å². The fourth-order valence-corrected chi connectivity index (χ4v) is 1.41. The summed E-state index contributed by atoms with van der Waals surface area (Å²) >= 11 is 9.08. The predicted molar refractivity (Wildman–Crippen MR) is 62.0 cm³/mol. The Kier molecular flexibility index (Phi) is 5.37. The summed E-state index contributed by atoms with van der Waals surface area (Å²) in [6.45, 7) is 0. The highest BCUT2D eigenvalue weighted by atomic mass is 79.9. The molecule has 0 amide bonds. The number of benzene rings is 1. The molecule has 0 heterocycles. The van der Waals surface area contributed by atoms with Gasteiger partial charge in [-0.25, -0.2) is 0 Å². The Bertz CT molecular complexity index is 315. The van der Waals surface area contributed by atoms with Gasteiger partial charge in [-0.1, -0.05) is 17.7 Å². The minimum atomic E-state index is 0. The lowest BCUT2D eigenvalue weighted by Gasteiger charge is -2.01. The molecular formula is C8H9BrCl2N2. The molecule has 0 aliphatic carbocycles. The largest absolute Gasteiger partial charge is 0.387 e. The molecule has 0 unspecified atom stereocenters. The van der Waals surface area contributed by atoms with Crippen molar-refractivity contribution in [3.05, 3.63) is 33.3 Å². The first kappa shape index (κ1) is 12.8. The minimum Gasteiger partial charge on any atom is -0.387 e. The quantitative estimate of drug-likeness (QED) is 0.636. The minimum absolute atomic E-state index is 0. The Balaban J connectivity index is 0.00000144. The van der Waals surface area contributed by atoms with Crippen LogP contribution in [0.25, 0.3) is 0 Å². The van der Waals surface area contributed by atoms with Crippen molar-refractivity contribution < 1.29 is 0 Å². The molecule has 0 aliphatic heterocycles. The van der Waals surface area contributed by atoms with Crippen molar-refractivity contribution in [1.82, 2.24) is 0 Å². The average molecular weight is 284 g/mol. The summed E-state index contributed by atoms with van der Waals surface area (Å²) in [5.41, 5.74) is 6.23. The lowest BCUT2D eigenvalue weighted by Crippen LogP contribution is -2.12. The third kappa shape index (κ3) is 3.98. The molecule has 0 aromatic heterocycles. The van der Waals surface area contributed by atoms with E-state index in [1.165, 1.54) is 0 Å². The second-order valence-electron chi connectivity index (χ2n) is 2.45. The number of halogens is 3. The van der Waals surface area contributed by atoms with Crippen LogP contribution in [0.2, 0.25) is 5.02 Å². The van der Waals surface area contributed by atoms with Crippen molar-refractivity contribution in [2.24, 2.45) is 5.73 Å². The normalized spacial score (nSPS) is 9.08. The number of nitrogens with one attached hydrogen (secondary N) is 1. The molecule has 0 saturated carbocycles. The van der Waals surface area contributed by atoms with E-state index in [1.807, 2.05) is 12.1 Å². The third-order valence-electron chi connectivity index (χ3n) is 1.38. The molecular weight excluding hydrogens is 275 g/mol. The van der Waals surface area contributed by atoms with Crippen molar-refractivity contribution in [3.63, 3.8) is 0 Å². The topological polar surface area (TPSA) is 49.9 Å². The molecule has 1 aromatic carbocycles. The summed E-state index contributed by atoms with van der Waals surface area (Å²) in [4.78, 5) is 0. The molecule has 5 heteroatoms. The zero-order valence-electron chi connectivity index (χ0n) is 6.68. The van der Waals surface area contributed by atoms with Gasteiger partial charge in [-0.05, 0) is 33.6 Å². The lowest BCUT2D eigenvalue weighted by atomic mass is 10.1. The van der Waals surface area contributed by atoms with Gasteiger partial charge in [0.05, 0.1) is 10.9 Å². The van der Waals surface area contributed by atoms with E-state index in [0.717, 1.165) is 10.0 Å². The second-order valence-corrected chi connectivity index (χ2v) is 3.71. The predicted octanol–water partition coefficient (Wildman–Crippen LogP) is 3.00. The Hall–Kier alpha value is -0.250. The van der Waals surface area contributed by atoms with Crippen LogP contribution in [0.15, 0.2) is 22.7 Å². The van der Waals surface area contributed by atoms with Gasteiger partial charge in [-0.2, -0.15) is 0 Å². The van der Waals surface area contributed by atoms with Gasteiger partial charge in [0.2, 0.25) is 0 Å². The van der Waals surface area contributed by atoms with E-state index in [0.29, 0.717) is 11.4 Å². The van der Waals surface area contributed by atoms with Crippen molar-refractivity contribution >= 4 is 45.8 Å². The number of rotatable bonds is 2. The van der Waals surface area contributed by atoms with E-state index >= 15 is 0 Å². The monoisotopic (exact) mass is 282 g/mol. The summed E-state index contributed by atoms with van der Waals surface area (Å²) in [6, 6.07) is 5.50. The molecule has 72 valence electrons. The van der Waals surface area contributed by atoms with Crippen LogP contribution in [-0.2, 0) is 6.42 Å². The Morgan fingerprint density at radius 3 is 2.62 bits per heavy atom. The molecule has 2 nitrogen and oxygen atoms in total. The first-order chi connectivity index (χ1) is 5.59. The van der Waals surface area contributed by atoms with Crippen molar-refractivity contribution in [3.8, 4) is 0 Å². The van der Waals surface area contributed by atoms with E-state index < -0.39 is 0 Å². The van der Waals surface area contributed by atoms with Crippen LogP contribution in [0.3, 0.4) is 0 Å². The number of hydrogen-bond donors (Lipinski definition) is 2. The summed E-state index contributed by atoms with van der Waals surface area (Å²) in [5.74, 6) is 0.157. The highest BCUT2D eigenvalue weighted by Crippen LogP contribution is 2.23. The van der Waals surface area contributed by atoms with Crippen LogP contribution in [0.4, 0.5) is 0 Å². The van der Waals surface area contributed by atoms with Gasteiger partial charge in [0.15, 0.2) is 0 Å². The van der Waals surface area contributed by atoms with Crippen LogP contribution < -0.4 is 5.73 Å². The van der Waals surface area contributed by atoms with Gasteiger partial charge in [-0.3, -0.25) is 5.41 Å². The number of nitrogens with two attached hydrogens (primary N) is 1. The van der Waals surface area contributed by atoms with Gasteiger partial charge in [0.25, 0.3) is 0 Å². The van der Waals surface area contributed by atoms with E-state index in [-0.39, 0.29) is 18.2 Å². The van der Waals surface area contributed by atoms with Crippen molar-refractivity contribution in [2.45, 2.75) is 6.42 Å². The van der Waals surface area contributed by atoms with E-state index in [2.05, 4.69) is 15.9 Å². The Labute approximate surface area is 96.5 Å². The lowest BCUT2D eigenvalue weighted by molar-refractivity contribution is 1.24. The molecule has 1 aromatic rings.